The van der Waals surface area contributed by atoms with Gasteiger partial charge in [-0.25, -0.2) is 4.98 Å². The minimum Gasteiger partial charge on any atom is -0.457 e. The highest BCUT2D eigenvalue weighted by atomic mass is 16.5. The summed E-state index contributed by atoms with van der Waals surface area (Å²) in [6, 6.07) is 9.78. The Morgan fingerprint density at radius 1 is 1.20 bits per heavy atom. The number of pyridine rings is 1. The molecule has 30 heavy (non-hydrogen) atoms. The van der Waals surface area contributed by atoms with Gasteiger partial charge in [-0.1, -0.05) is 12.1 Å². The van der Waals surface area contributed by atoms with Gasteiger partial charge >= 0.3 is 0 Å². The highest BCUT2D eigenvalue weighted by Crippen LogP contribution is 2.31. The topological polar surface area (TPSA) is 87.5 Å². The first-order chi connectivity index (χ1) is 14.5. The summed E-state index contributed by atoms with van der Waals surface area (Å²) in [6.07, 6.45) is 4.30. The smallest absolute Gasteiger partial charge is 0.227 e. The standard InChI is InChI=1S/C23H29N5O2/c1-16-15-26-22-21(16)20(7-8-25-22)30-19-5-3-17(4-6-19)13-18(14-24)23(29)28-11-9-27(2)10-12-28/h3-8,15,18H,9-14,24H2,1-2H3,(H,25,26). The molecular weight excluding hydrogens is 378 g/mol. The number of aromatic nitrogens is 2. The quantitative estimate of drug-likeness (QED) is 0.656. The van der Waals surface area contributed by atoms with E-state index in [9.17, 15) is 4.79 Å². The Morgan fingerprint density at radius 2 is 1.93 bits per heavy atom. The molecule has 4 rings (SSSR count). The van der Waals surface area contributed by atoms with Crippen molar-refractivity contribution >= 4 is 16.9 Å². The average molecular weight is 408 g/mol. The molecule has 158 valence electrons. The van der Waals surface area contributed by atoms with Gasteiger partial charge in [0, 0.05) is 45.1 Å². The molecule has 7 heteroatoms. The number of aromatic amines is 1. The maximum Gasteiger partial charge on any atom is 0.227 e. The van der Waals surface area contributed by atoms with Crippen LogP contribution in [-0.2, 0) is 11.2 Å². The lowest BCUT2D eigenvalue weighted by Gasteiger charge is -2.34. The third-order valence-electron chi connectivity index (χ3n) is 5.81. The number of nitrogens with two attached hydrogens (primary N) is 1. The predicted octanol–water partition coefficient (Wildman–Crippen LogP) is 2.56. The van der Waals surface area contributed by atoms with Crippen LogP contribution in [0.4, 0.5) is 0 Å². The summed E-state index contributed by atoms with van der Waals surface area (Å²) < 4.78 is 6.11. The van der Waals surface area contributed by atoms with Crippen LogP contribution in [-0.4, -0.2) is 65.4 Å². The van der Waals surface area contributed by atoms with E-state index >= 15 is 0 Å². The summed E-state index contributed by atoms with van der Waals surface area (Å²) >= 11 is 0. The van der Waals surface area contributed by atoms with Gasteiger partial charge in [0.1, 0.15) is 17.1 Å². The zero-order chi connectivity index (χ0) is 21.1. The van der Waals surface area contributed by atoms with Crippen molar-refractivity contribution in [3.63, 3.8) is 0 Å². The molecular formula is C23H29N5O2. The van der Waals surface area contributed by atoms with Crippen LogP contribution in [0.1, 0.15) is 11.1 Å². The SMILES string of the molecule is Cc1c[nH]c2nccc(Oc3ccc(CC(CN)C(=O)N4CCN(C)CC4)cc3)c12. The largest absolute Gasteiger partial charge is 0.457 e. The van der Waals surface area contributed by atoms with Gasteiger partial charge < -0.3 is 25.3 Å². The van der Waals surface area contributed by atoms with Gasteiger partial charge in [0.25, 0.3) is 0 Å². The van der Waals surface area contributed by atoms with Crippen LogP contribution >= 0.6 is 0 Å². The van der Waals surface area contributed by atoms with Crippen LogP contribution in [0.5, 0.6) is 11.5 Å². The van der Waals surface area contributed by atoms with E-state index in [1.54, 1.807) is 6.20 Å². The highest BCUT2D eigenvalue weighted by molar-refractivity contribution is 5.86. The molecule has 1 atom stereocenters. The summed E-state index contributed by atoms with van der Waals surface area (Å²) in [5.74, 6) is 1.49. The number of piperazine rings is 1. The van der Waals surface area contributed by atoms with Crippen LogP contribution < -0.4 is 10.5 Å². The van der Waals surface area contributed by atoms with Gasteiger partial charge in [-0.05, 0) is 49.7 Å². The molecule has 1 amide bonds. The van der Waals surface area contributed by atoms with Crippen molar-refractivity contribution < 1.29 is 9.53 Å². The first-order valence-corrected chi connectivity index (χ1v) is 10.4. The molecule has 0 aliphatic carbocycles. The molecule has 7 nitrogen and oxygen atoms in total. The number of carbonyl (C=O) groups excluding carboxylic acids is 1. The molecule has 3 aromatic rings. The lowest BCUT2D eigenvalue weighted by atomic mass is 9.97. The lowest BCUT2D eigenvalue weighted by Crippen LogP contribution is -2.50. The fourth-order valence-corrected chi connectivity index (χ4v) is 3.93. The van der Waals surface area contributed by atoms with Crippen LogP contribution in [0, 0.1) is 12.8 Å². The van der Waals surface area contributed by atoms with Gasteiger partial charge in [0.2, 0.25) is 5.91 Å². The number of nitrogens with one attached hydrogen (secondary N) is 1. The molecule has 1 fully saturated rings. The minimum atomic E-state index is -0.192. The number of hydrogen-bond donors (Lipinski definition) is 2. The third kappa shape index (κ3) is 4.32. The summed E-state index contributed by atoms with van der Waals surface area (Å²) in [4.78, 5) is 24.5. The molecule has 1 unspecified atom stereocenters. The Kier molecular flexibility index (Phi) is 6.01. The van der Waals surface area contributed by atoms with E-state index in [1.165, 1.54) is 0 Å². The van der Waals surface area contributed by atoms with Crippen molar-refractivity contribution in [2.45, 2.75) is 13.3 Å². The molecule has 3 heterocycles. The van der Waals surface area contributed by atoms with Crippen molar-refractivity contribution in [1.82, 2.24) is 19.8 Å². The zero-order valence-electron chi connectivity index (χ0n) is 17.6. The Balaban J connectivity index is 1.42. The van der Waals surface area contributed by atoms with E-state index in [4.69, 9.17) is 10.5 Å². The minimum absolute atomic E-state index is 0.160. The molecule has 1 aromatic carbocycles. The Morgan fingerprint density at radius 3 is 2.63 bits per heavy atom. The number of aryl methyl sites for hydroxylation is 1. The van der Waals surface area contributed by atoms with E-state index in [0.29, 0.717) is 13.0 Å². The molecule has 0 spiro atoms. The highest BCUT2D eigenvalue weighted by Gasteiger charge is 2.26. The van der Waals surface area contributed by atoms with Gasteiger partial charge in [0.05, 0.1) is 11.3 Å². The Labute approximate surface area is 176 Å². The molecule has 1 aliphatic rings. The van der Waals surface area contributed by atoms with Gasteiger partial charge in [-0.2, -0.15) is 0 Å². The van der Waals surface area contributed by atoms with E-state index in [0.717, 1.165) is 59.8 Å². The number of carbonyl (C=O) groups is 1. The molecule has 0 saturated carbocycles. The zero-order valence-corrected chi connectivity index (χ0v) is 17.6. The monoisotopic (exact) mass is 407 g/mol. The number of rotatable bonds is 6. The van der Waals surface area contributed by atoms with E-state index < -0.39 is 0 Å². The van der Waals surface area contributed by atoms with Crippen LogP contribution in [0.25, 0.3) is 11.0 Å². The maximum absolute atomic E-state index is 12.9. The fraction of sp³-hybridized carbons (Fsp3) is 0.391. The molecule has 3 N–H and O–H groups in total. The van der Waals surface area contributed by atoms with Crippen molar-refractivity contribution in [2.75, 3.05) is 39.8 Å². The second-order valence-corrected chi connectivity index (χ2v) is 8.02. The van der Waals surface area contributed by atoms with Crippen molar-refractivity contribution in [1.29, 1.82) is 0 Å². The number of amides is 1. The van der Waals surface area contributed by atoms with Gasteiger partial charge in [-0.15, -0.1) is 0 Å². The summed E-state index contributed by atoms with van der Waals surface area (Å²) in [7, 11) is 2.08. The predicted molar refractivity (Wildman–Crippen MR) is 118 cm³/mol. The fourth-order valence-electron chi connectivity index (χ4n) is 3.93. The third-order valence-corrected chi connectivity index (χ3v) is 5.81. The summed E-state index contributed by atoms with van der Waals surface area (Å²) in [6.45, 7) is 5.76. The second kappa shape index (κ2) is 8.85. The summed E-state index contributed by atoms with van der Waals surface area (Å²) in [5.41, 5.74) is 8.94. The van der Waals surface area contributed by atoms with Crippen molar-refractivity contribution in [3.8, 4) is 11.5 Å². The number of hydrogen-bond acceptors (Lipinski definition) is 5. The lowest BCUT2D eigenvalue weighted by molar-refractivity contribution is -0.136. The first-order valence-electron chi connectivity index (χ1n) is 10.4. The van der Waals surface area contributed by atoms with Crippen molar-refractivity contribution in [2.24, 2.45) is 11.7 Å². The number of H-pyrrole nitrogens is 1. The molecule has 0 radical (unpaired) electrons. The maximum atomic E-state index is 12.9. The molecule has 1 aliphatic heterocycles. The van der Waals surface area contributed by atoms with E-state index in [1.807, 2.05) is 48.4 Å². The van der Waals surface area contributed by atoms with Gasteiger partial charge in [-0.3, -0.25) is 4.79 Å². The van der Waals surface area contributed by atoms with Crippen LogP contribution in [0.2, 0.25) is 0 Å². The van der Waals surface area contributed by atoms with Gasteiger partial charge in [0.15, 0.2) is 0 Å². The number of ether oxygens (including phenoxy) is 1. The van der Waals surface area contributed by atoms with E-state index in [2.05, 4.69) is 21.9 Å². The number of nitrogens with zero attached hydrogens (tertiary/aromatic N) is 3. The molecule has 2 aromatic heterocycles. The second-order valence-electron chi connectivity index (χ2n) is 8.02. The number of likely N-dealkylation sites (N-methyl/N-ethyl adjacent to an activating group) is 1. The normalized spacial score (nSPS) is 16.0. The Hall–Kier alpha value is -2.90. The van der Waals surface area contributed by atoms with Crippen LogP contribution in [0.15, 0.2) is 42.7 Å². The molecule has 0 bridgehead atoms. The number of benzene rings is 1. The average Bonchev–Trinajstić information content (AvgIpc) is 3.15. The summed E-state index contributed by atoms with van der Waals surface area (Å²) in [5, 5.41) is 0.988. The number of fused-ring (bicyclic) bond motifs is 1. The first kappa shape index (κ1) is 20.4. The van der Waals surface area contributed by atoms with Crippen LogP contribution in [0.3, 0.4) is 0 Å². The Bertz CT molecular complexity index is 1010. The molecule has 1 saturated heterocycles. The van der Waals surface area contributed by atoms with Crippen molar-refractivity contribution in [3.05, 3.63) is 53.9 Å². The van der Waals surface area contributed by atoms with E-state index in [-0.39, 0.29) is 11.8 Å².